The first-order chi connectivity index (χ1) is 11.4. The molecular formula is C19H26N2O2S. The predicted molar refractivity (Wildman–Crippen MR) is 97.4 cm³/mol. The number of hydrogen-bond acceptors (Lipinski definition) is 4. The van der Waals surface area contributed by atoms with Crippen molar-refractivity contribution in [3.05, 3.63) is 53.3 Å². The summed E-state index contributed by atoms with van der Waals surface area (Å²) in [6, 6.07) is 7.73. The predicted octanol–water partition coefficient (Wildman–Crippen LogP) is 2.73. The van der Waals surface area contributed by atoms with Crippen LogP contribution in [0.2, 0.25) is 0 Å². The van der Waals surface area contributed by atoms with Crippen LogP contribution in [0.1, 0.15) is 26.3 Å². The van der Waals surface area contributed by atoms with E-state index < -0.39 is 9.84 Å². The lowest BCUT2D eigenvalue weighted by Gasteiger charge is -2.33. The Morgan fingerprint density at radius 3 is 2.58 bits per heavy atom. The molecule has 0 saturated carbocycles. The Hall–Kier alpha value is -1.59. The Balaban J connectivity index is 1.80. The summed E-state index contributed by atoms with van der Waals surface area (Å²) >= 11 is 0. The van der Waals surface area contributed by atoms with E-state index in [1.165, 1.54) is 11.3 Å². The largest absolute Gasteiger partial charge is 0.365 e. The van der Waals surface area contributed by atoms with Crippen molar-refractivity contribution in [2.45, 2.75) is 38.3 Å². The molecule has 2 aliphatic heterocycles. The number of nitrogens with one attached hydrogen (secondary N) is 1. The van der Waals surface area contributed by atoms with Gasteiger partial charge in [0.05, 0.1) is 16.7 Å². The van der Waals surface area contributed by atoms with Crippen LogP contribution in [0.25, 0.3) is 0 Å². The number of hydrogen-bond donors (Lipinski definition) is 1. The van der Waals surface area contributed by atoms with Gasteiger partial charge in [0.1, 0.15) is 0 Å². The summed E-state index contributed by atoms with van der Waals surface area (Å²) in [6.45, 7) is 8.80. The third-order valence-electron chi connectivity index (χ3n) is 4.82. The summed E-state index contributed by atoms with van der Waals surface area (Å²) in [6.07, 6.45) is 4.44. The Labute approximate surface area is 145 Å². The summed E-state index contributed by atoms with van der Waals surface area (Å²) in [4.78, 5) is 2.82. The normalized spacial score (nSPS) is 20.8. The minimum atomic E-state index is -3.13. The summed E-state index contributed by atoms with van der Waals surface area (Å²) < 4.78 is 23.9. The average Bonchev–Trinajstić information content (AvgIpc) is 3.01. The van der Waals surface area contributed by atoms with E-state index in [2.05, 4.69) is 36.2 Å². The minimum absolute atomic E-state index is 0.140. The van der Waals surface area contributed by atoms with Gasteiger partial charge in [-0.15, -0.1) is 0 Å². The van der Waals surface area contributed by atoms with Gasteiger partial charge in [0.15, 0.2) is 9.84 Å². The second-order valence-electron chi connectivity index (χ2n) is 6.84. The molecule has 1 aromatic carbocycles. The van der Waals surface area contributed by atoms with Crippen molar-refractivity contribution in [1.29, 1.82) is 0 Å². The molecule has 3 rings (SSSR count). The number of rotatable bonds is 5. The van der Waals surface area contributed by atoms with Crippen LogP contribution in [0.15, 0.2) is 52.6 Å². The van der Waals surface area contributed by atoms with Gasteiger partial charge >= 0.3 is 0 Å². The summed E-state index contributed by atoms with van der Waals surface area (Å²) in [5, 5.41) is 3.60. The van der Waals surface area contributed by atoms with Crippen LogP contribution in [0, 0.1) is 5.92 Å². The molecule has 1 aromatic rings. The highest BCUT2D eigenvalue weighted by Gasteiger charge is 2.31. The first kappa shape index (κ1) is 17.2. The van der Waals surface area contributed by atoms with E-state index in [1.54, 1.807) is 19.1 Å². The van der Waals surface area contributed by atoms with Crippen molar-refractivity contribution in [3.8, 4) is 0 Å². The van der Waals surface area contributed by atoms with Crippen LogP contribution in [-0.4, -0.2) is 38.2 Å². The van der Waals surface area contributed by atoms with Crippen LogP contribution >= 0.6 is 0 Å². The smallest absolute Gasteiger partial charge is 0.178 e. The monoisotopic (exact) mass is 346 g/mol. The lowest BCUT2D eigenvalue weighted by Crippen LogP contribution is -2.38. The summed E-state index contributed by atoms with van der Waals surface area (Å²) in [5.41, 5.74) is 3.92. The number of benzene rings is 1. The van der Waals surface area contributed by atoms with Crippen molar-refractivity contribution in [2.75, 3.05) is 18.8 Å². The Kier molecular flexibility index (Phi) is 4.83. The van der Waals surface area contributed by atoms with E-state index in [0.29, 0.717) is 16.9 Å². The molecule has 5 heteroatoms. The van der Waals surface area contributed by atoms with Crippen molar-refractivity contribution in [3.63, 3.8) is 0 Å². The molecule has 0 bridgehead atoms. The first-order valence-electron chi connectivity index (χ1n) is 8.62. The molecule has 0 aliphatic carbocycles. The third-order valence-corrected chi connectivity index (χ3v) is 6.57. The zero-order valence-electron chi connectivity index (χ0n) is 14.6. The minimum Gasteiger partial charge on any atom is -0.365 e. The molecule has 24 heavy (non-hydrogen) atoms. The second-order valence-corrected chi connectivity index (χ2v) is 9.12. The van der Waals surface area contributed by atoms with E-state index in [1.807, 2.05) is 12.1 Å². The molecular weight excluding hydrogens is 320 g/mol. The standard InChI is InChI=1S/C19H26N2O2S/c1-4-24(22,23)17-9-7-15(8-10-17)13-21-11-5-6-16-12-20-18(14(2)3)19(16)21/h5-10,14,18,20H,4,11-13H2,1-3H3/t18-/m0/s1. The zero-order valence-corrected chi connectivity index (χ0v) is 15.4. The molecule has 0 saturated heterocycles. The van der Waals surface area contributed by atoms with Gasteiger partial charge in [-0.25, -0.2) is 8.42 Å². The summed E-state index contributed by atoms with van der Waals surface area (Å²) in [7, 11) is -3.13. The topological polar surface area (TPSA) is 49.4 Å². The molecule has 1 N–H and O–H groups in total. The van der Waals surface area contributed by atoms with Gasteiger partial charge in [-0.05, 0) is 29.2 Å². The molecule has 0 amide bonds. The maximum atomic E-state index is 11.9. The Morgan fingerprint density at radius 1 is 1.25 bits per heavy atom. The molecule has 130 valence electrons. The first-order valence-corrected chi connectivity index (χ1v) is 10.3. The maximum Gasteiger partial charge on any atom is 0.178 e. The van der Waals surface area contributed by atoms with Gasteiger partial charge in [-0.3, -0.25) is 0 Å². The van der Waals surface area contributed by atoms with Crippen molar-refractivity contribution < 1.29 is 8.42 Å². The third kappa shape index (κ3) is 3.28. The van der Waals surface area contributed by atoms with E-state index >= 15 is 0 Å². The van der Waals surface area contributed by atoms with Crippen LogP contribution in [0.4, 0.5) is 0 Å². The average molecular weight is 346 g/mol. The van der Waals surface area contributed by atoms with Gasteiger partial charge in [-0.2, -0.15) is 0 Å². The highest BCUT2D eigenvalue weighted by Crippen LogP contribution is 2.30. The SMILES string of the molecule is CCS(=O)(=O)c1ccc(CN2CC=CC3=C2[C@H](C(C)C)NC3)cc1. The highest BCUT2D eigenvalue weighted by molar-refractivity contribution is 7.91. The molecule has 2 heterocycles. The molecule has 0 fully saturated rings. The lowest BCUT2D eigenvalue weighted by atomic mass is 9.98. The zero-order chi connectivity index (χ0) is 17.3. The van der Waals surface area contributed by atoms with Gasteiger partial charge in [0.25, 0.3) is 0 Å². The maximum absolute atomic E-state index is 11.9. The van der Waals surface area contributed by atoms with Crippen molar-refractivity contribution in [1.82, 2.24) is 10.2 Å². The summed E-state index contributed by atoms with van der Waals surface area (Å²) in [5.74, 6) is 0.685. The van der Waals surface area contributed by atoms with Crippen LogP contribution in [0.5, 0.6) is 0 Å². The van der Waals surface area contributed by atoms with Crippen LogP contribution in [-0.2, 0) is 16.4 Å². The van der Waals surface area contributed by atoms with E-state index in [9.17, 15) is 8.42 Å². The van der Waals surface area contributed by atoms with Crippen molar-refractivity contribution in [2.24, 2.45) is 5.92 Å². The van der Waals surface area contributed by atoms with Gasteiger partial charge in [0.2, 0.25) is 0 Å². The second kappa shape index (κ2) is 6.73. The lowest BCUT2D eigenvalue weighted by molar-refractivity contribution is 0.313. The number of nitrogens with zero attached hydrogens (tertiary/aromatic N) is 1. The van der Waals surface area contributed by atoms with E-state index in [0.717, 1.165) is 25.2 Å². The molecule has 0 unspecified atom stereocenters. The fraction of sp³-hybridized carbons (Fsp3) is 0.474. The number of sulfone groups is 1. The Morgan fingerprint density at radius 2 is 1.96 bits per heavy atom. The molecule has 1 atom stereocenters. The molecule has 4 nitrogen and oxygen atoms in total. The molecule has 0 aromatic heterocycles. The van der Waals surface area contributed by atoms with Crippen molar-refractivity contribution >= 4 is 9.84 Å². The Bertz CT molecular complexity index is 761. The molecule has 0 spiro atoms. The fourth-order valence-electron chi connectivity index (χ4n) is 3.46. The van der Waals surface area contributed by atoms with Gasteiger partial charge in [-0.1, -0.05) is 45.1 Å². The quantitative estimate of drug-likeness (QED) is 0.891. The van der Waals surface area contributed by atoms with E-state index in [4.69, 9.17) is 0 Å². The van der Waals surface area contributed by atoms with Crippen LogP contribution in [0.3, 0.4) is 0 Å². The highest BCUT2D eigenvalue weighted by atomic mass is 32.2. The van der Waals surface area contributed by atoms with E-state index in [-0.39, 0.29) is 5.75 Å². The fourth-order valence-corrected chi connectivity index (χ4v) is 4.35. The van der Waals surface area contributed by atoms with Gasteiger partial charge in [0, 0.05) is 25.3 Å². The molecule has 0 radical (unpaired) electrons. The van der Waals surface area contributed by atoms with Crippen LogP contribution < -0.4 is 5.32 Å². The van der Waals surface area contributed by atoms with Gasteiger partial charge < -0.3 is 10.2 Å². The molecule has 2 aliphatic rings.